The molecule has 0 saturated heterocycles. The van der Waals surface area contributed by atoms with Gasteiger partial charge in [-0.3, -0.25) is 0 Å². The average Bonchev–Trinajstić information content (AvgIpc) is 3.85. The van der Waals surface area contributed by atoms with Crippen molar-refractivity contribution in [2.24, 2.45) is 23.7 Å². The Bertz CT molecular complexity index is 2390. The second-order valence-electron chi connectivity index (χ2n) is 17.6. The molecule has 7 aliphatic carbocycles. The molecule has 0 aliphatic heterocycles. The zero-order chi connectivity index (χ0) is 34.7. The molecule has 0 N–H and O–H groups in total. The van der Waals surface area contributed by atoms with Crippen molar-refractivity contribution in [1.29, 1.82) is 0 Å². The summed E-state index contributed by atoms with van der Waals surface area (Å²) in [7, 11) is 0. The van der Waals surface area contributed by atoms with Crippen LogP contribution in [0.5, 0.6) is 0 Å². The molecule has 7 aliphatic rings. The number of anilines is 3. The molecule has 13 rings (SSSR count). The first-order valence-corrected chi connectivity index (χ1v) is 20.7. The monoisotopic (exact) mass is 685 g/mol. The van der Waals surface area contributed by atoms with Gasteiger partial charge in [-0.15, -0.1) is 0 Å². The smallest absolute Gasteiger partial charge is 0.0543 e. The van der Waals surface area contributed by atoms with E-state index in [9.17, 15) is 0 Å². The molecule has 4 bridgehead atoms. The maximum Gasteiger partial charge on any atom is 0.0543 e. The Kier molecular flexibility index (Phi) is 6.53. The summed E-state index contributed by atoms with van der Waals surface area (Å²) in [6.07, 6.45) is 13.7. The Balaban J connectivity index is 1.09. The quantitative estimate of drug-likeness (QED) is 0.179. The van der Waals surface area contributed by atoms with Gasteiger partial charge in [0.25, 0.3) is 0 Å². The molecule has 5 fully saturated rings. The summed E-state index contributed by atoms with van der Waals surface area (Å²) in [4.78, 5) is 2.62. The van der Waals surface area contributed by atoms with E-state index in [0.717, 1.165) is 23.7 Å². The van der Waals surface area contributed by atoms with Gasteiger partial charge in [0.15, 0.2) is 0 Å². The molecular weight excluding hydrogens is 639 g/mol. The summed E-state index contributed by atoms with van der Waals surface area (Å²) in [6.45, 7) is 0. The van der Waals surface area contributed by atoms with E-state index in [0.29, 0.717) is 0 Å². The largest absolute Gasteiger partial charge is 0.310 e. The highest BCUT2D eigenvalue weighted by atomic mass is 15.1. The maximum absolute atomic E-state index is 2.62. The topological polar surface area (TPSA) is 3.24 Å². The fourth-order valence-electron chi connectivity index (χ4n) is 13.5. The molecule has 6 aromatic carbocycles. The molecular formula is C52H47N. The van der Waals surface area contributed by atoms with E-state index in [-0.39, 0.29) is 10.8 Å². The van der Waals surface area contributed by atoms with Crippen molar-refractivity contribution in [1.82, 2.24) is 0 Å². The van der Waals surface area contributed by atoms with E-state index in [1.807, 2.05) is 0 Å². The molecule has 5 unspecified atom stereocenters. The van der Waals surface area contributed by atoms with Gasteiger partial charge in [-0.2, -0.15) is 0 Å². The van der Waals surface area contributed by atoms with Gasteiger partial charge < -0.3 is 4.90 Å². The number of hydrogen-bond donors (Lipinski definition) is 0. The van der Waals surface area contributed by atoms with Gasteiger partial charge in [-0.25, -0.2) is 0 Å². The molecule has 1 nitrogen and oxygen atoms in total. The molecule has 0 radical (unpaired) electrons. The van der Waals surface area contributed by atoms with Crippen LogP contribution in [0.15, 0.2) is 140 Å². The molecule has 260 valence electrons. The summed E-state index contributed by atoms with van der Waals surface area (Å²) in [5.41, 5.74) is 18.8. The Morgan fingerprint density at radius 3 is 1.96 bits per heavy atom. The highest BCUT2D eigenvalue weighted by Crippen LogP contribution is 2.69. The number of hydrogen-bond acceptors (Lipinski definition) is 1. The summed E-state index contributed by atoms with van der Waals surface area (Å²) in [5.74, 6) is 3.31. The van der Waals surface area contributed by atoms with Crippen LogP contribution >= 0.6 is 0 Å². The van der Waals surface area contributed by atoms with Crippen LogP contribution in [-0.2, 0) is 10.8 Å². The fraction of sp³-hybridized carbons (Fsp3) is 0.308. The Morgan fingerprint density at radius 2 is 1.11 bits per heavy atom. The molecule has 2 spiro atoms. The average molecular weight is 686 g/mol. The van der Waals surface area contributed by atoms with E-state index in [4.69, 9.17) is 0 Å². The lowest BCUT2D eigenvalue weighted by atomic mass is 9.51. The number of benzene rings is 6. The van der Waals surface area contributed by atoms with Gasteiger partial charge in [-0.1, -0.05) is 128 Å². The lowest BCUT2D eigenvalue weighted by molar-refractivity contribution is 0.0618. The minimum atomic E-state index is 0.127. The van der Waals surface area contributed by atoms with Crippen LogP contribution in [0, 0.1) is 23.7 Å². The summed E-state index contributed by atoms with van der Waals surface area (Å²) < 4.78 is 0. The van der Waals surface area contributed by atoms with Crippen LogP contribution in [-0.4, -0.2) is 0 Å². The molecule has 0 amide bonds. The molecule has 5 atom stereocenters. The van der Waals surface area contributed by atoms with Crippen LogP contribution < -0.4 is 4.90 Å². The molecule has 53 heavy (non-hydrogen) atoms. The zero-order valence-electron chi connectivity index (χ0n) is 30.6. The van der Waals surface area contributed by atoms with Crippen molar-refractivity contribution in [3.8, 4) is 33.4 Å². The van der Waals surface area contributed by atoms with Crippen LogP contribution in [0.4, 0.5) is 17.1 Å². The SMILES string of the molecule is c1ccc(-c2ccc(N(c3ccc4c(c3)-c3ccccc3C43CCCC3)c3cccc4c3-c3ccccc3C43C4CCC5CC(C4)CC3C5)cc2)cc1. The zero-order valence-corrected chi connectivity index (χ0v) is 30.6. The number of nitrogens with zero attached hydrogens (tertiary/aromatic N) is 1. The van der Waals surface area contributed by atoms with E-state index in [1.54, 1.807) is 22.3 Å². The van der Waals surface area contributed by atoms with Gasteiger partial charge in [0.05, 0.1) is 5.69 Å². The van der Waals surface area contributed by atoms with Crippen molar-refractivity contribution in [3.05, 3.63) is 162 Å². The van der Waals surface area contributed by atoms with Crippen LogP contribution in [0.1, 0.15) is 86.5 Å². The van der Waals surface area contributed by atoms with Gasteiger partial charge in [0.2, 0.25) is 0 Å². The second-order valence-corrected chi connectivity index (χ2v) is 17.6. The van der Waals surface area contributed by atoms with Gasteiger partial charge >= 0.3 is 0 Å². The lowest BCUT2D eigenvalue weighted by Gasteiger charge is -2.53. The third kappa shape index (κ3) is 4.15. The Hall–Kier alpha value is -4.88. The first-order chi connectivity index (χ1) is 26.2. The van der Waals surface area contributed by atoms with Gasteiger partial charge in [0, 0.05) is 27.8 Å². The van der Waals surface area contributed by atoms with Crippen LogP contribution in [0.25, 0.3) is 33.4 Å². The van der Waals surface area contributed by atoms with Crippen molar-refractivity contribution in [2.45, 2.75) is 75.0 Å². The predicted octanol–water partition coefficient (Wildman–Crippen LogP) is 13.8. The minimum Gasteiger partial charge on any atom is -0.310 e. The highest BCUT2D eigenvalue weighted by Gasteiger charge is 2.60. The van der Waals surface area contributed by atoms with Gasteiger partial charge in [-0.05, 0) is 149 Å². The normalized spacial score (nSPS) is 26.3. The van der Waals surface area contributed by atoms with Crippen molar-refractivity contribution >= 4 is 17.1 Å². The summed E-state index contributed by atoms with van der Waals surface area (Å²) >= 11 is 0. The van der Waals surface area contributed by atoms with Crippen molar-refractivity contribution in [3.63, 3.8) is 0 Å². The third-order valence-electron chi connectivity index (χ3n) is 15.3. The first-order valence-electron chi connectivity index (χ1n) is 20.7. The second kappa shape index (κ2) is 11.3. The first kappa shape index (κ1) is 30.6. The predicted molar refractivity (Wildman–Crippen MR) is 219 cm³/mol. The summed E-state index contributed by atoms with van der Waals surface area (Å²) in [6, 6.07) is 54.1. The molecule has 0 heterocycles. The molecule has 5 saturated carbocycles. The van der Waals surface area contributed by atoms with E-state index in [1.165, 1.54) is 115 Å². The lowest BCUT2D eigenvalue weighted by Crippen LogP contribution is -2.48. The van der Waals surface area contributed by atoms with Gasteiger partial charge in [0.1, 0.15) is 0 Å². The highest BCUT2D eigenvalue weighted by molar-refractivity contribution is 5.96. The summed E-state index contributed by atoms with van der Waals surface area (Å²) in [5, 5.41) is 0. The minimum absolute atomic E-state index is 0.127. The van der Waals surface area contributed by atoms with Crippen molar-refractivity contribution in [2.75, 3.05) is 4.90 Å². The standard InChI is InChI=1S/C52H47N/c1-2-11-36(12-3-1)37-20-23-40(24-21-37)53(41-25-26-46-44(33-41)42-13-4-6-15-45(42)51(46)27-8-9-28-51)49-18-10-17-48-50(49)43-14-5-7-16-47(43)52(48)38-22-19-34-29-35(31-38)32-39(52)30-34/h1-7,10-18,20-21,23-26,33-35,38-39H,8-9,19,22,27-32H2. The Morgan fingerprint density at radius 1 is 0.453 bits per heavy atom. The van der Waals surface area contributed by atoms with E-state index < -0.39 is 0 Å². The molecule has 0 aromatic heterocycles. The number of rotatable bonds is 4. The Labute approximate surface area is 314 Å². The molecule has 1 heteroatoms. The maximum atomic E-state index is 2.62. The van der Waals surface area contributed by atoms with E-state index in [2.05, 4.69) is 144 Å². The van der Waals surface area contributed by atoms with Crippen molar-refractivity contribution < 1.29 is 0 Å². The third-order valence-corrected chi connectivity index (χ3v) is 15.3. The number of fused-ring (bicyclic) bond motifs is 9. The molecule has 6 aromatic rings. The van der Waals surface area contributed by atoms with E-state index >= 15 is 0 Å². The van der Waals surface area contributed by atoms with Crippen LogP contribution in [0.2, 0.25) is 0 Å². The van der Waals surface area contributed by atoms with Crippen LogP contribution in [0.3, 0.4) is 0 Å². The fourth-order valence-corrected chi connectivity index (χ4v) is 13.5.